The van der Waals surface area contributed by atoms with Crippen molar-refractivity contribution in [1.29, 1.82) is 0 Å². The van der Waals surface area contributed by atoms with E-state index in [-0.39, 0.29) is 24.0 Å². The molecule has 0 radical (unpaired) electrons. The van der Waals surface area contributed by atoms with Crippen molar-refractivity contribution in [1.82, 2.24) is 0 Å². The van der Waals surface area contributed by atoms with Gasteiger partial charge in [0.25, 0.3) is 0 Å². The molecular formula is C15H17BrIN3O. The van der Waals surface area contributed by atoms with Gasteiger partial charge in [0.05, 0.1) is 19.3 Å². The summed E-state index contributed by atoms with van der Waals surface area (Å²) in [6, 6.07) is 15.5. The van der Waals surface area contributed by atoms with E-state index < -0.39 is 0 Å². The molecule has 112 valence electrons. The van der Waals surface area contributed by atoms with Crippen LogP contribution in [-0.4, -0.2) is 13.1 Å². The van der Waals surface area contributed by atoms with Gasteiger partial charge < -0.3 is 15.8 Å². The topological polar surface area (TPSA) is 59.6 Å². The molecule has 0 atom stereocenters. The number of halogens is 2. The number of methoxy groups -OCH3 is 1. The Morgan fingerprint density at radius 3 is 2.52 bits per heavy atom. The van der Waals surface area contributed by atoms with Crippen LogP contribution in [0, 0.1) is 0 Å². The first-order valence-electron chi connectivity index (χ1n) is 6.13. The normalized spacial score (nSPS) is 10.7. The summed E-state index contributed by atoms with van der Waals surface area (Å²) < 4.78 is 6.29. The van der Waals surface area contributed by atoms with E-state index in [1.54, 1.807) is 7.11 Å². The van der Waals surface area contributed by atoms with E-state index in [0.29, 0.717) is 12.5 Å². The third-order valence-electron chi connectivity index (χ3n) is 2.71. The summed E-state index contributed by atoms with van der Waals surface area (Å²) in [5, 5.41) is 3.04. The average Bonchev–Trinajstić information content (AvgIpc) is 2.47. The summed E-state index contributed by atoms with van der Waals surface area (Å²) in [5.74, 6) is 1.09. The summed E-state index contributed by atoms with van der Waals surface area (Å²) in [7, 11) is 1.62. The first-order valence-corrected chi connectivity index (χ1v) is 6.93. The van der Waals surface area contributed by atoms with Crippen molar-refractivity contribution in [2.24, 2.45) is 10.7 Å². The SMILES string of the molecule is COc1ccccc1NC(N)=NCc1ccc(Br)cc1.I. The second kappa shape index (κ2) is 8.89. The Balaban J connectivity index is 0.00000220. The highest BCUT2D eigenvalue weighted by molar-refractivity contribution is 14.0. The Morgan fingerprint density at radius 2 is 1.86 bits per heavy atom. The second-order valence-corrected chi connectivity index (χ2v) is 5.07. The molecule has 4 nitrogen and oxygen atoms in total. The van der Waals surface area contributed by atoms with E-state index in [0.717, 1.165) is 21.5 Å². The minimum atomic E-state index is 0. The lowest BCUT2D eigenvalue weighted by atomic mass is 10.2. The van der Waals surface area contributed by atoms with Crippen LogP contribution in [0.4, 0.5) is 5.69 Å². The maximum atomic E-state index is 5.88. The van der Waals surface area contributed by atoms with Gasteiger partial charge in [0, 0.05) is 4.47 Å². The molecule has 0 saturated carbocycles. The van der Waals surface area contributed by atoms with E-state index in [2.05, 4.69) is 26.2 Å². The molecule has 21 heavy (non-hydrogen) atoms. The van der Waals surface area contributed by atoms with Crippen LogP contribution in [0.15, 0.2) is 58.0 Å². The lowest BCUT2D eigenvalue weighted by Crippen LogP contribution is -2.22. The zero-order valence-electron chi connectivity index (χ0n) is 11.5. The fourth-order valence-electron chi connectivity index (χ4n) is 1.69. The van der Waals surface area contributed by atoms with Gasteiger partial charge in [0.1, 0.15) is 5.75 Å². The van der Waals surface area contributed by atoms with E-state index >= 15 is 0 Å². The first kappa shape index (κ1) is 17.8. The van der Waals surface area contributed by atoms with Crippen molar-refractivity contribution >= 4 is 51.6 Å². The van der Waals surface area contributed by atoms with Gasteiger partial charge in [0.2, 0.25) is 0 Å². The smallest absolute Gasteiger partial charge is 0.193 e. The molecule has 2 rings (SSSR count). The Kier molecular flexibility index (Phi) is 7.52. The molecule has 0 aliphatic heterocycles. The minimum Gasteiger partial charge on any atom is -0.495 e. The fraction of sp³-hybridized carbons (Fsp3) is 0.133. The molecule has 0 bridgehead atoms. The van der Waals surface area contributed by atoms with Crippen molar-refractivity contribution in [3.63, 3.8) is 0 Å². The van der Waals surface area contributed by atoms with Gasteiger partial charge in [-0.2, -0.15) is 0 Å². The van der Waals surface area contributed by atoms with Crippen LogP contribution in [-0.2, 0) is 6.54 Å². The Hall–Kier alpha value is -1.28. The number of aliphatic imine (C=N–C) groups is 1. The fourth-order valence-corrected chi connectivity index (χ4v) is 1.96. The minimum absolute atomic E-state index is 0. The highest BCUT2D eigenvalue weighted by Gasteiger charge is 2.02. The van der Waals surface area contributed by atoms with Crippen molar-refractivity contribution < 1.29 is 4.74 Å². The number of nitrogens with one attached hydrogen (secondary N) is 1. The van der Waals surface area contributed by atoms with Crippen LogP contribution in [0.25, 0.3) is 0 Å². The van der Waals surface area contributed by atoms with Gasteiger partial charge >= 0.3 is 0 Å². The van der Waals surface area contributed by atoms with Crippen molar-refractivity contribution in [2.45, 2.75) is 6.54 Å². The number of nitrogens with two attached hydrogens (primary N) is 1. The quantitative estimate of drug-likeness (QED) is 0.411. The highest BCUT2D eigenvalue weighted by atomic mass is 127. The zero-order chi connectivity index (χ0) is 14.4. The number of rotatable bonds is 4. The summed E-state index contributed by atoms with van der Waals surface area (Å²) in [5.41, 5.74) is 7.77. The molecule has 0 aromatic heterocycles. The van der Waals surface area contributed by atoms with Gasteiger partial charge in [-0.05, 0) is 29.8 Å². The molecule has 0 spiro atoms. The molecule has 0 heterocycles. The number of ether oxygens (including phenoxy) is 1. The molecule has 0 unspecified atom stereocenters. The molecule has 2 aromatic carbocycles. The second-order valence-electron chi connectivity index (χ2n) is 4.15. The van der Waals surface area contributed by atoms with E-state index in [9.17, 15) is 0 Å². The molecule has 3 N–H and O–H groups in total. The standard InChI is InChI=1S/C15H16BrN3O.HI/c1-20-14-5-3-2-4-13(14)19-15(17)18-10-11-6-8-12(16)9-7-11;/h2-9H,10H2,1H3,(H3,17,18,19);1H. The van der Waals surface area contributed by atoms with Crippen LogP contribution in [0.1, 0.15) is 5.56 Å². The average molecular weight is 462 g/mol. The molecular weight excluding hydrogens is 445 g/mol. The monoisotopic (exact) mass is 461 g/mol. The number of guanidine groups is 1. The number of para-hydroxylation sites is 2. The lowest BCUT2D eigenvalue weighted by Gasteiger charge is -2.10. The highest BCUT2D eigenvalue weighted by Crippen LogP contribution is 2.22. The summed E-state index contributed by atoms with van der Waals surface area (Å²) in [6.07, 6.45) is 0. The van der Waals surface area contributed by atoms with Gasteiger partial charge in [-0.15, -0.1) is 24.0 Å². The van der Waals surface area contributed by atoms with Crippen LogP contribution in [0.3, 0.4) is 0 Å². The van der Waals surface area contributed by atoms with Crippen LogP contribution in [0.5, 0.6) is 5.75 Å². The molecule has 0 fully saturated rings. The molecule has 0 saturated heterocycles. The van der Waals surface area contributed by atoms with Gasteiger partial charge in [-0.3, -0.25) is 0 Å². The predicted molar refractivity (Wildman–Crippen MR) is 102 cm³/mol. The van der Waals surface area contributed by atoms with Gasteiger partial charge in [-0.1, -0.05) is 40.2 Å². The van der Waals surface area contributed by atoms with Crippen molar-refractivity contribution in [2.75, 3.05) is 12.4 Å². The summed E-state index contributed by atoms with van der Waals surface area (Å²) in [4.78, 5) is 4.31. The third-order valence-corrected chi connectivity index (χ3v) is 3.24. The van der Waals surface area contributed by atoms with Crippen LogP contribution < -0.4 is 15.8 Å². The number of nitrogens with zero attached hydrogens (tertiary/aromatic N) is 1. The predicted octanol–water partition coefficient (Wildman–Crippen LogP) is 4.00. The maximum absolute atomic E-state index is 5.88. The van der Waals surface area contributed by atoms with Crippen LogP contribution in [0.2, 0.25) is 0 Å². The Morgan fingerprint density at radius 1 is 1.19 bits per heavy atom. The zero-order valence-corrected chi connectivity index (χ0v) is 15.5. The number of anilines is 1. The van der Waals surface area contributed by atoms with E-state index in [1.807, 2.05) is 48.5 Å². The largest absolute Gasteiger partial charge is 0.495 e. The van der Waals surface area contributed by atoms with Crippen molar-refractivity contribution in [3.8, 4) is 5.75 Å². The van der Waals surface area contributed by atoms with E-state index in [1.165, 1.54) is 0 Å². The Labute approximate surface area is 149 Å². The molecule has 0 aliphatic carbocycles. The number of hydrogen-bond acceptors (Lipinski definition) is 2. The number of hydrogen-bond donors (Lipinski definition) is 2. The first-order chi connectivity index (χ1) is 9.69. The third kappa shape index (κ3) is 5.55. The summed E-state index contributed by atoms with van der Waals surface area (Å²) in [6.45, 7) is 0.529. The Bertz CT molecular complexity index is 602. The lowest BCUT2D eigenvalue weighted by molar-refractivity contribution is 0.417. The van der Waals surface area contributed by atoms with Crippen molar-refractivity contribution in [3.05, 3.63) is 58.6 Å². The molecule has 0 aliphatic rings. The number of benzene rings is 2. The van der Waals surface area contributed by atoms with Gasteiger partial charge in [-0.25, -0.2) is 4.99 Å². The summed E-state index contributed by atoms with van der Waals surface area (Å²) >= 11 is 3.40. The maximum Gasteiger partial charge on any atom is 0.193 e. The van der Waals surface area contributed by atoms with E-state index in [4.69, 9.17) is 10.5 Å². The molecule has 0 amide bonds. The molecule has 2 aromatic rings. The van der Waals surface area contributed by atoms with Crippen LogP contribution >= 0.6 is 39.9 Å². The molecule has 6 heteroatoms. The van der Waals surface area contributed by atoms with Gasteiger partial charge in [0.15, 0.2) is 5.96 Å².